The van der Waals surface area contributed by atoms with Crippen molar-refractivity contribution in [2.24, 2.45) is 0 Å². The van der Waals surface area contributed by atoms with Crippen LogP contribution in [0.2, 0.25) is 5.02 Å². The lowest BCUT2D eigenvalue weighted by Gasteiger charge is -2.35. The van der Waals surface area contributed by atoms with E-state index in [0.29, 0.717) is 18.9 Å². The first-order chi connectivity index (χ1) is 12.9. The van der Waals surface area contributed by atoms with Gasteiger partial charge in [0.25, 0.3) is 0 Å². The highest BCUT2D eigenvalue weighted by Crippen LogP contribution is 2.33. The number of anilines is 1. The lowest BCUT2D eigenvalue weighted by atomic mass is 10.2. The predicted molar refractivity (Wildman–Crippen MR) is 99.0 cm³/mol. The fourth-order valence-electron chi connectivity index (χ4n) is 3.22. The van der Waals surface area contributed by atoms with Crippen molar-refractivity contribution in [1.29, 1.82) is 0 Å². The second-order valence-electron chi connectivity index (χ2n) is 6.69. The van der Waals surface area contributed by atoms with Gasteiger partial charge in [0.2, 0.25) is 0 Å². The van der Waals surface area contributed by atoms with Crippen LogP contribution in [0.25, 0.3) is 0 Å². The van der Waals surface area contributed by atoms with Gasteiger partial charge in [-0.05, 0) is 31.5 Å². The van der Waals surface area contributed by atoms with Gasteiger partial charge in [0, 0.05) is 51.3 Å². The minimum Gasteiger partial charge on any atom is -0.353 e. The standard InChI is InChI=1S/C18H23ClF3N5/c19-16-13-15(18(20,21)22)14-23-17(16)26-11-9-25(10-12-26)6-2-1-3-7-27-8-4-5-24-27/h4-5,8,13-14H,1-3,6-7,9-12H2. The molecule has 1 aliphatic heterocycles. The summed E-state index contributed by atoms with van der Waals surface area (Å²) < 4.78 is 40.1. The van der Waals surface area contributed by atoms with E-state index in [0.717, 1.165) is 57.7 Å². The second-order valence-corrected chi connectivity index (χ2v) is 7.09. The number of hydrogen-bond donors (Lipinski definition) is 0. The maximum absolute atomic E-state index is 12.7. The van der Waals surface area contributed by atoms with E-state index in [-0.39, 0.29) is 5.02 Å². The zero-order chi connectivity index (χ0) is 19.3. The van der Waals surface area contributed by atoms with Crippen LogP contribution >= 0.6 is 11.6 Å². The Morgan fingerprint density at radius 2 is 1.78 bits per heavy atom. The monoisotopic (exact) mass is 401 g/mol. The Morgan fingerprint density at radius 3 is 2.41 bits per heavy atom. The van der Waals surface area contributed by atoms with Crippen LogP contribution in [-0.2, 0) is 12.7 Å². The Kier molecular flexibility index (Phi) is 6.59. The molecule has 0 atom stereocenters. The second kappa shape index (κ2) is 8.93. The normalized spacial score (nSPS) is 16.1. The van der Waals surface area contributed by atoms with E-state index in [1.165, 1.54) is 0 Å². The molecule has 0 amide bonds. The summed E-state index contributed by atoms with van der Waals surface area (Å²) in [4.78, 5) is 8.28. The number of piperazine rings is 1. The Labute approximate surface area is 161 Å². The summed E-state index contributed by atoms with van der Waals surface area (Å²) in [6, 6.07) is 2.88. The Morgan fingerprint density at radius 1 is 1.04 bits per heavy atom. The number of pyridine rings is 1. The minimum atomic E-state index is -4.43. The van der Waals surface area contributed by atoms with Gasteiger partial charge in [-0.2, -0.15) is 18.3 Å². The van der Waals surface area contributed by atoms with Crippen molar-refractivity contribution in [2.45, 2.75) is 32.0 Å². The van der Waals surface area contributed by atoms with Gasteiger partial charge in [-0.1, -0.05) is 18.0 Å². The van der Waals surface area contributed by atoms with Gasteiger partial charge in [0.1, 0.15) is 5.82 Å². The topological polar surface area (TPSA) is 37.2 Å². The number of aromatic nitrogens is 3. The van der Waals surface area contributed by atoms with Gasteiger partial charge < -0.3 is 4.90 Å². The fourth-order valence-corrected chi connectivity index (χ4v) is 3.51. The minimum absolute atomic E-state index is 0.0527. The highest BCUT2D eigenvalue weighted by atomic mass is 35.5. The van der Waals surface area contributed by atoms with Gasteiger partial charge in [0.15, 0.2) is 0 Å². The number of alkyl halides is 3. The molecule has 2 aromatic rings. The molecule has 1 saturated heterocycles. The summed E-state index contributed by atoms with van der Waals surface area (Å²) in [5, 5.41) is 4.24. The van der Waals surface area contributed by atoms with Crippen molar-refractivity contribution >= 4 is 17.4 Å². The van der Waals surface area contributed by atoms with Gasteiger partial charge in [0.05, 0.1) is 10.6 Å². The number of unbranched alkanes of at least 4 members (excludes halogenated alkanes) is 2. The highest BCUT2D eigenvalue weighted by Gasteiger charge is 2.32. The van der Waals surface area contributed by atoms with Crippen molar-refractivity contribution in [2.75, 3.05) is 37.6 Å². The van der Waals surface area contributed by atoms with Crippen LogP contribution in [0.5, 0.6) is 0 Å². The molecular formula is C18H23ClF3N5. The Bertz CT molecular complexity index is 712. The van der Waals surface area contributed by atoms with Crippen molar-refractivity contribution in [3.8, 4) is 0 Å². The summed E-state index contributed by atoms with van der Waals surface area (Å²) in [5.74, 6) is 0.434. The molecule has 9 heteroatoms. The summed E-state index contributed by atoms with van der Waals surface area (Å²) in [6.45, 7) is 5.12. The first kappa shape index (κ1) is 19.9. The maximum atomic E-state index is 12.7. The van der Waals surface area contributed by atoms with Crippen LogP contribution < -0.4 is 4.90 Å². The largest absolute Gasteiger partial charge is 0.417 e. The van der Waals surface area contributed by atoms with Gasteiger partial charge in [-0.15, -0.1) is 0 Å². The summed E-state index contributed by atoms with van der Waals surface area (Å²) in [5.41, 5.74) is -0.815. The molecule has 0 unspecified atom stereocenters. The van der Waals surface area contributed by atoms with Crippen molar-refractivity contribution in [1.82, 2.24) is 19.7 Å². The number of hydrogen-bond acceptors (Lipinski definition) is 4. The van der Waals surface area contributed by atoms with E-state index < -0.39 is 11.7 Å². The molecule has 5 nitrogen and oxygen atoms in total. The number of rotatable bonds is 7. The van der Waals surface area contributed by atoms with E-state index in [4.69, 9.17) is 11.6 Å². The SMILES string of the molecule is FC(F)(F)c1cnc(N2CCN(CCCCCn3cccn3)CC2)c(Cl)c1. The third-order valence-corrected chi connectivity index (χ3v) is 5.02. The molecular weight excluding hydrogens is 379 g/mol. The van der Waals surface area contributed by atoms with Crippen LogP contribution in [0.3, 0.4) is 0 Å². The molecule has 3 heterocycles. The molecule has 2 aromatic heterocycles. The van der Waals surface area contributed by atoms with Gasteiger partial charge in [-0.3, -0.25) is 9.58 Å². The zero-order valence-corrected chi connectivity index (χ0v) is 15.8. The quantitative estimate of drug-likeness (QED) is 0.658. The predicted octanol–water partition coefficient (Wildman–Crippen LogP) is 3.94. The summed E-state index contributed by atoms with van der Waals surface area (Å²) >= 11 is 6.04. The van der Waals surface area contributed by atoms with E-state index >= 15 is 0 Å². The number of halogens is 4. The molecule has 27 heavy (non-hydrogen) atoms. The van der Waals surface area contributed by atoms with Crippen LogP contribution in [0, 0.1) is 0 Å². The molecule has 0 radical (unpaired) electrons. The molecule has 0 aromatic carbocycles. The average molecular weight is 402 g/mol. The number of aryl methyl sites for hydroxylation is 1. The summed E-state index contributed by atoms with van der Waals surface area (Å²) in [7, 11) is 0. The molecule has 0 N–H and O–H groups in total. The lowest BCUT2D eigenvalue weighted by Crippen LogP contribution is -2.47. The Balaban J connectivity index is 1.40. The van der Waals surface area contributed by atoms with E-state index in [1.54, 1.807) is 6.20 Å². The molecule has 0 saturated carbocycles. The maximum Gasteiger partial charge on any atom is 0.417 e. The molecule has 1 fully saturated rings. The van der Waals surface area contributed by atoms with Crippen molar-refractivity contribution in [3.05, 3.63) is 41.3 Å². The lowest BCUT2D eigenvalue weighted by molar-refractivity contribution is -0.137. The van der Waals surface area contributed by atoms with Crippen molar-refractivity contribution in [3.63, 3.8) is 0 Å². The molecule has 1 aliphatic rings. The van der Waals surface area contributed by atoms with E-state index in [9.17, 15) is 13.2 Å². The number of nitrogens with zero attached hydrogens (tertiary/aromatic N) is 5. The van der Waals surface area contributed by atoms with Crippen LogP contribution in [0.1, 0.15) is 24.8 Å². The molecule has 3 rings (SSSR count). The first-order valence-corrected chi connectivity index (χ1v) is 9.49. The first-order valence-electron chi connectivity index (χ1n) is 9.11. The molecule has 0 aliphatic carbocycles. The van der Waals surface area contributed by atoms with Crippen LogP contribution in [0.15, 0.2) is 30.7 Å². The third kappa shape index (κ3) is 5.59. The summed E-state index contributed by atoms with van der Waals surface area (Å²) in [6.07, 6.45) is 3.56. The smallest absolute Gasteiger partial charge is 0.353 e. The zero-order valence-electron chi connectivity index (χ0n) is 15.0. The average Bonchev–Trinajstić information content (AvgIpc) is 3.15. The van der Waals surface area contributed by atoms with Crippen LogP contribution in [-0.4, -0.2) is 52.4 Å². The van der Waals surface area contributed by atoms with Gasteiger partial charge >= 0.3 is 6.18 Å². The Hall–Kier alpha value is -1.80. The van der Waals surface area contributed by atoms with Crippen LogP contribution in [0.4, 0.5) is 19.0 Å². The molecule has 0 bridgehead atoms. The van der Waals surface area contributed by atoms with Gasteiger partial charge in [-0.25, -0.2) is 4.98 Å². The third-order valence-electron chi connectivity index (χ3n) is 4.74. The van der Waals surface area contributed by atoms with E-state index in [1.807, 2.05) is 21.8 Å². The molecule has 148 valence electrons. The fraction of sp³-hybridized carbons (Fsp3) is 0.556. The molecule has 0 spiro atoms. The van der Waals surface area contributed by atoms with Crippen molar-refractivity contribution < 1.29 is 13.2 Å². The van der Waals surface area contributed by atoms with E-state index in [2.05, 4.69) is 15.0 Å². The highest BCUT2D eigenvalue weighted by molar-refractivity contribution is 6.33.